The second-order valence-corrected chi connectivity index (χ2v) is 9.32. The van der Waals surface area contributed by atoms with Gasteiger partial charge in [-0.25, -0.2) is 0 Å². The maximum atomic E-state index is 5.60. The minimum atomic E-state index is -0.882. The highest BCUT2D eigenvalue weighted by molar-refractivity contribution is 6.66. The molecule has 10 heavy (non-hydrogen) atoms. The van der Waals surface area contributed by atoms with E-state index in [-0.39, 0.29) is 0 Å². The van der Waals surface area contributed by atoms with Crippen molar-refractivity contribution in [1.82, 2.24) is 0 Å². The van der Waals surface area contributed by atoms with Crippen LogP contribution in [-0.4, -0.2) is 27.4 Å². The van der Waals surface area contributed by atoms with E-state index in [0.717, 1.165) is 0 Å². The molecule has 5 heteroatoms. The molecule has 0 aliphatic heterocycles. The lowest BCUT2D eigenvalue weighted by Crippen LogP contribution is -2.29. The Morgan fingerprint density at radius 1 is 1.10 bits per heavy atom. The maximum absolute atomic E-state index is 5.60. The molecule has 0 bridgehead atoms. The van der Waals surface area contributed by atoms with E-state index >= 15 is 0 Å². The first-order valence-corrected chi connectivity index (χ1v) is 10.5. The summed E-state index contributed by atoms with van der Waals surface area (Å²) in [7, 11) is -2.27. The first-order valence-electron chi connectivity index (χ1n) is 3.50. The molecule has 2 nitrogen and oxygen atoms in total. The third-order valence-corrected chi connectivity index (χ3v) is 6.75. The molecular formula is C5H16O2Si3. The Kier molecular flexibility index (Phi) is 5.55. The van der Waals surface area contributed by atoms with E-state index < -0.39 is 27.4 Å². The molecule has 0 unspecified atom stereocenters. The van der Waals surface area contributed by atoms with Crippen molar-refractivity contribution in [2.24, 2.45) is 0 Å². The molecule has 0 atom stereocenters. The molecule has 0 saturated carbocycles. The molecule has 0 aromatic heterocycles. The van der Waals surface area contributed by atoms with Crippen LogP contribution in [0.1, 0.15) is 0 Å². The number of rotatable bonds is 4. The van der Waals surface area contributed by atoms with Crippen LogP contribution in [-0.2, 0) is 8.23 Å². The Labute approximate surface area is 68.9 Å². The zero-order valence-corrected chi connectivity index (χ0v) is 10.5. The summed E-state index contributed by atoms with van der Waals surface area (Å²) in [4.78, 5) is 0. The summed E-state index contributed by atoms with van der Waals surface area (Å²) < 4.78 is 11.2. The van der Waals surface area contributed by atoms with E-state index in [2.05, 4.69) is 32.7 Å². The molecule has 0 aliphatic carbocycles. The third-order valence-electron chi connectivity index (χ3n) is 0.750. The zero-order valence-electron chi connectivity index (χ0n) is 7.39. The van der Waals surface area contributed by atoms with E-state index in [1.165, 1.54) is 0 Å². The Hall–Kier alpha value is 0.571. The molecule has 0 aromatic rings. The fourth-order valence-electron chi connectivity index (χ4n) is 0.643. The second-order valence-electron chi connectivity index (χ2n) is 2.67. The third kappa shape index (κ3) is 6.69. The number of hydrogen-bond donors (Lipinski definition) is 0. The van der Waals surface area contributed by atoms with Gasteiger partial charge in [-0.15, -0.1) is 0 Å². The summed E-state index contributed by atoms with van der Waals surface area (Å²) in [5.74, 6) is 0. The van der Waals surface area contributed by atoms with Crippen LogP contribution in [0.15, 0.2) is 0 Å². The Morgan fingerprint density at radius 2 is 1.60 bits per heavy atom. The minimum absolute atomic E-state index is 0.536. The Morgan fingerprint density at radius 3 is 1.90 bits per heavy atom. The van der Waals surface area contributed by atoms with Crippen LogP contribution in [0, 0.1) is 0 Å². The van der Waals surface area contributed by atoms with Gasteiger partial charge in [-0.1, -0.05) is 0 Å². The van der Waals surface area contributed by atoms with Crippen LogP contribution in [0.5, 0.6) is 0 Å². The Bertz CT molecular complexity index is 77.0. The van der Waals surface area contributed by atoms with Crippen molar-refractivity contribution < 1.29 is 8.23 Å². The molecule has 0 N–H and O–H groups in total. The van der Waals surface area contributed by atoms with Crippen molar-refractivity contribution in [1.29, 1.82) is 0 Å². The summed E-state index contributed by atoms with van der Waals surface area (Å²) in [6.45, 7) is 10.7. The van der Waals surface area contributed by atoms with E-state index in [0.29, 0.717) is 0 Å². The fourth-order valence-corrected chi connectivity index (χ4v) is 6.22. The molecule has 0 saturated heterocycles. The molecule has 0 rings (SSSR count). The molecular weight excluding hydrogens is 176 g/mol. The molecule has 0 heterocycles. The molecule has 0 spiro atoms. The highest BCUT2D eigenvalue weighted by Crippen LogP contribution is 1.95. The van der Waals surface area contributed by atoms with Crippen molar-refractivity contribution in [3.8, 4) is 0 Å². The van der Waals surface area contributed by atoms with E-state index in [9.17, 15) is 0 Å². The van der Waals surface area contributed by atoms with Gasteiger partial charge < -0.3 is 8.23 Å². The van der Waals surface area contributed by atoms with E-state index in [1.54, 1.807) is 0 Å². The summed E-state index contributed by atoms with van der Waals surface area (Å²) >= 11 is 0. The van der Waals surface area contributed by atoms with Gasteiger partial charge in [0.25, 0.3) is 0 Å². The summed E-state index contributed by atoms with van der Waals surface area (Å²) in [5, 5.41) is 0. The van der Waals surface area contributed by atoms with Gasteiger partial charge in [0, 0.05) is 0 Å². The first-order chi connectivity index (χ1) is 4.52. The largest absolute Gasteiger partial charge is 0.439 e. The van der Waals surface area contributed by atoms with Crippen molar-refractivity contribution >= 4 is 27.4 Å². The normalized spacial score (nSPS) is 12.0. The monoisotopic (exact) mass is 192 g/mol. The smallest absolute Gasteiger partial charge is 0.358 e. The SMILES string of the molecule is C[Si](C)O[Si](C)O[SiH](C)C. The van der Waals surface area contributed by atoms with Gasteiger partial charge in [0.1, 0.15) is 0 Å². The van der Waals surface area contributed by atoms with Crippen LogP contribution in [0.25, 0.3) is 0 Å². The lowest BCUT2D eigenvalue weighted by Gasteiger charge is -2.15. The van der Waals surface area contributed by atoms with Gasteiger partial charge in [-0.3, -0.25) is 0 Å². The van der Waals surface area contributed by atoms with E-state index in [4.69, 9.17) is 8.23 Å². The number of hydrogen-bond acceptors (Lipinski definition) is 2. The molecule has 60 valence electrons. The van der Waals surface area contributed by atoms with Gasteiger partial charge in [0.15, 0.2) is 18.1 Å². The van der Waals surface area contributed by atoms with Crippen molar-refractivity contribution in [3.63, 3.8) is 0 Å². The molecule has 0 aromatic carbocycles. The van der Waals surface area contributed by atoms with Crippen molar-refractivity contribution in [2.75, 3.05) is 0 Å². The van der Waals surface area contributed by atoms with Crippen LogP contribution in [0.2, 0.25) is 32.7 Å². The van der Waals surface area contributed by atoms with Gasteiger partial charge >= 0.3 is 9.28 Å². The minimum Gasteiger partial charge on any atom is -0.439 e. The predicted molar refractivity (Wildman–Crippen MR) is 50.1 cm³/mol. The average Bonchev–Trinajstić information content (AvgIpc) is 1.58. The van der Waals surface area contributed by atoms with Crippen molar-refractivity contribution in [2.45, 2.75) is 32.7 Å². The highest BCUT2D eigenvalue weighted by Gasteiger charge is 2.12. The van der Waals surface area contributed by atoms with Gasteiger partial charge in [-0.2, -0.15) is 0 Å². The fraction of sp³-hybridized carbons (Fsp3) is 1.00. The van der Waals surface area contributed by atoms with Gasteiger partial charge in [0.2, 0.25) is 0 Å². The highest BCUT2D eigenvalue weighted by atomic mass is 28.4. The average molecular weight is 192 g/mol. The summed E-state index contributed by atoms with van der Waals surface area (Å²) in [5.41, 5.74) is 0. The lowest BCUT2D eigenvalue weighted by molar-refractivity contribution is 0.449. The van der Waals surface area contributed by atoms with Crippen molar-refractivity contribution in [3.05, 3.63) is 0 Å². The predicted octanol–water partition coefficient (Wildman–Crippen LogP) is 1.37. The van der Waals surface area contributed by atoms with Crippen LogP contribution in [0.4, 0.5) is 0 Å². The summed E-state index contributed by atoms with van der Waals surface area (Å²) in [6.07, 6.45) is 0. The molecule has 0 aliphatic rings. The van der Waals surface area contributed by atoms with Gasteiger partial charge in [-0.05, 0) is 32.7 Å². The molecule has 0 amide bonds. The second kappa shape index (κ2) is 5.25. The van der Waals surface area contributed by atoms with Crippen LogP contribution in [0.3, 0.4) is 0 Å². The molecule has 0 fully saturated rings. The van der Waals surface area contributed by atoms with Gasteiger partial charge in [0.05, 0.1) is 0 Å². The van der Waals surface area contributed by atoms with E-state index in [1.807, 2.05) is 0 Å². The van der Waals surface area contributed by atoms with Crippen LogP contribution >= 0.6 is 0 Å². The quantitative estimate of drug-likeness (QED) is 0.627. The lowest BCUT2D eigenvalue weighted by atomic mass is 11.9. The standard InChI is InChI=1S/C5H16O2Si3/c1-8(2)6-10(5)7-9(3)4/h8H,1-5H3. The van der Waals surface area contributed by atoms with Crippen LogP contribution < -0.4 is 0 Å². The first kappa shape index (κ1) is 10.6. The maximum Gasteiger partial charge on any atom is 0.358 e. The topological polar surface area (TPSA) is 18.5 Å². The summed E-state index contributed by atoms with van der Waals surface area (Å²) in [6, 6.07) is 0. The Balaban J connectivity index is 3.34. The zero-order chi connectivity index (χ0) is 8.15. The molecule has 2 radical (unpaired) electrons.